The lowest BCUT2D eigenvalue weighted by molar-refractivity contribution is 0.0630. The summed E-state index contributed by atoms with van der Waals surface area (Å²) >= 11 is 0. The number of amides is 1. The Kier molecular flexibility index (Phi) is 7.09. The number of aromatic nitrogens is 4. The van der Waals surface area contributed by atoms with Crippen molar-refractivity contribution in [3.63, 3.8) is 0 Å². The molecule has 35 heavy (non-hydrogen) atoms. The molecule has 3 aromatic heterocycles. The molecule has 0 saturated carbocycles. The van der Waals surface area contributed by atoms with E-state index < -0.39 is 5.60 Å². The van der Waals surface area contributed by atoms with E-state index in [1.807, 2.05) is 41.9 Å². The number of rotatable bonds is 9. The highest BCUT2D eigenvalue weighted by atomic mass is 16.5. The van der Waals surface area contributed by atoms with Crippen molar-refractivity contribution in [1.82, 2.24) is 19.5 Å². The smallest absolute Gasteiger partial charge is 0.258 e. The summed E-state index contributed by atoms with van der Waals surface area (Å²) in [5, 5.41) is 13.5. The van der Waals surface area contributed by atoms with E-state index in [0.29, 0.717) is 23.8 Å². The number of nitrogens with one attached hydrogen (secondary N) is 1. The van der Waals surface area contributed by atoms with Gasteiger partial charge in [0.1, 0.15) is 0 Å². The summed E-state index contributed by atoms with van der Waals surface area (Å²) in [7, 11) is 3.66. The third-order valence-electron chi connectivity index (χ3n) is 5.55. The van der Waals surface area contributed by atoms with Gasteiger partial charge in [-0.2, -0.15) is 0 Å². The minimum atomic E-state index is -1.01. The van der Waals surface area contributed by atoms with Gasteiger partial charge < -0.3 is 19.3 Å². The van der Waals surface area contributed by atoms with Crippen LogP contribution in [0.1, 0.15) is 24.2 Å². The minimum absolute atomic E-state index is 0.259. The van der Waals surface area contributed by atoms with Gasteiger partial charge in [0.15, 0.2) is 0 Å². The number of carbonyl (C=O) groups excluding carboxylic acids is 1. The molecule has 0 bridgehead atoms. The van der Waals surface area contributed by atoms with E-state index in [1.165, 1.54) is 0 Å². The molecule has 0 unspecified atom stereocenters. The van der Waals surface area contributed by atoms with Crippen molar-refractivity contribution in [2.75, 3.05) is 37.5 Å². The zero-order valence-electron chi connectivity index (χ0n) is 20.4. The van der Waals surface area contributed by atoms with Crippen LogP contribution in [-0.4, -0.2) is 63.4 Å². The van der Waals surface area contributed by atoms with Crippen LogP contribution in [0.25, 0.3) is 22.3 Å². The average Bonchev–Trinajstić information content (AvgIpc) is 3.17. The van der Waals surface area contributed by atoms with Gasteiger partial charge in [0.05, 0.1) is 35.5 Å². The van der Waals surface area contributed by atoms with E-state index in [0.717, 1.165) is 28.8 Å². The number of ether oxygens (including phenoxy) is 1. The van der Waals surface area contributed by atoms with Crippen molar-refractivity contribution in [3.8, 4) is 11.3 Å². The third kappa shape index (κ3) is 5.82. The Bertz CT molecular complexity index is 1310. The summed E-state index contributed by atoms with van der Waals surface area (Å²) in [6.07, 6.45) is 4.99. The maximum atomic E-state index is 13.2. The van der Waals surface area contributed by atoms with Crippen LogP contribution in [0.2, 0.25) is 0 Å². The van der Waals surface area contributed by atoms with E-state index in [2.05, 4.69) is 20.2 Å². The largest absolute Gasteiger partial charge is 0.389 e. The SMILES string of the molecule is COCCN(C)c1ccc2c(c1)nc(NC(=O)c1ccnc(-c3cccnc3)c1)n2CC(C)(C)O. The Morgan fingerprint density at radius 1 is 1.20 bits per heavy atom. The first-order valence-corrected chi connectivity index (χ1v) is 11.4. The first-order chi connectivity index (χ1) is 16.7. The molecule has 2 N–H and O–H groups in total. The summed E-state index contributed by atoms with van der Waals surface area (Å²) in [5.74, 6) is 0.0471. The molecule has 0 aliphatic heterocycles. The Hall–Kier alpha value is -3.82. The third-order valence-corrected chi connectivity index (χ3v) is 5.55. The second kappa shape index (κ2) is 10.2. The van der Waals surface area contributed by atoms with Crippen molar-refractivity contribution in [2.24, 2.45) is 0 Å². The second-order valence-corrected chi connectivity index (χ2v) is 9.05. The number of pyridine rings is 2. The van der Waals surface area contributed by atoms with Gasteiger partial charge in [-0.15, -0.1) is 0 Å². The van der Waals surface area contributed by atoms with Crippen LogP contribution in [-0.2, 0) is 11.3 Å². The summed E-state index contributed by atoms with van der Waals surface area (Å²) < 4.78 is 7.01. The number of hydrogen-bond acceptors (Lipinski definition) is 7. The highest BCUT2D eigenvalue weighted by Crippen LogP contribution is 2.27. The van der Waals surface area contributed by atoms with Crippen molar-refractivity contribution in [1.29, 1.82) is 0 Å². The van der Waals surface area contributed by atoms with Gasteiger partial charge in [0.2, 0.25) is 5.95 Å². The monoisotopic (exact) mass is 474 g/mol. The number of aliphatic hydroxyl groups is 1. The number of methoxy groups -OCH3 is 1. The lowest BCUT2D eigenvalue weighted by Crippen LogP contribution is -2.27. The number of anilines is 2. The summed E-state index contributed by atoms with van der Waals surface area (Å²) in [6, 6.07) is 13.0. The van der Waals surface area contributed by atoms with Crippen molar-refractivity contribution in [3.05, 3.63) is 66.6 Å². The van der Waals surface area contributed by atoms with Crippen LogP contribution in [0, 0.1) is 0 Å². The summed E-state index contributed by atoms with van der Waals surface area (Å²) in [4.78, 5) is 28.5. The van der Waals surface area contributed by atoms with Crippen LogP contribution in [0.4, 0.5) is 11.6 Å². The fourth-order valence-electron chi connectivity index (χ4n) is 3.77. The fraction of sp³-hybridized carbons (Fsp3) is 0.308. The van der Waals surface area contributed by atoms with Crippen molar-refractivity contribution in [2.45, 2.75) is 26.0 Å². The number of nitrogens with zero attached hydrogens (tertiary/aromatic N) is 5. The van der Waals surface area contributed by atoms with Gasteiger partial charge in [-0.25, -0.2) is 4.98 Å². The molecule has 0 aliphatic rings. The topological polar surface area (TPSA) is 105 Å². The van der Waals surface area contributed by atoms with Crippen LogP contribution in [0.15, 0.2) is 61.1 Å². The maximum absolute atomic E-state index is 13.2. The second-order valence-electron chi connectivity index (χ2n) is 9.05. The molecule has 1 aromatic carbocycles. The Labute approximate surface area is 204 Å². The number of carbonyl (C=O) groups is 1. The first kappa shape index (κ1) is 24.3. The average molecular weight is 475 g/mol. The van der Waals surface area contributed by atoms with Gasteiger partial charge in [0.25, 0.3) is 5.91 Å². The zero-order chi connectivity index (χ0) is 25.0. The molecule has 4 rings (SSSR count). The molecular weight excluding hydrogens is 444 g/mol. The number of imidazole rings is 1. The normalized spacial score (nSPS) is 11.6. The lowest BCUT2D eigenvalue weighted by atomic mass is 10.1. The molecule has 3 heterocycles. The number of fused-ring (bicyclic) bond motifs is 1. The molecule has 0 aliphatic carbocycles. The van der Waals surface area contributed by atoms with Crippen LogP contribution < -0.4 is 10.2 Å². The maximum Gasteiger partial charge on any atom is 0.258 e. The van der Waals surface area contributed by atoms with E-state index in [-0.39, 0.29) is 12.5 Å². The quantitative estimate of drug-likeness (QED) is 0.382. The molecule has 0 spiro atoms. The van der Waals surface area contributed by atoms with E-state index >= 15 is 0 Å². The van der Waals surface area contributed by atoms with Gasteiger partial charge in [-0.3, -0.25) is 20.1 Å². The standard InChI is InChI=1S/C26H30N6O3/c1-26(2,34)17-32-23-8-7-20(31(3)12-13-35-4)15-22(23)29-25(32)30-24(33)18-9-11-28-21(14-18)19-6-5-10-27-16-19/h5-11,14-16,34H,12-13,17H2,1-4H3,(H,29,30,33). The van der Waals surface area contributed by atoms with Gasteiger partial charge >= 0.3 is 0 Å². The summed E-state index contributed by atoms with van der Waals surface area (Å²) in [5.41, 5.74) is 3.43. The summed E-state index contributed by atoms with van der Waals surface area (Å²) in [6.45, 7) is 5.04. The zero-order valence-corrected chi connectivity index (χ0v) is 20.4. The molecular formula is C26H30N6O3. The Morgan fingerprint density at radius 3 is 2.74 bits per heavy atom. The first-order valence-electron chi connectivity index (χ1n) is 11.4. The van der Waals surface area contributed by atoms with Gasteiger partial charge in [-0.1, -0.05) is 0 Å². The van der Waals surface area contributed by atoms with Gasteiger partial charge in [0, 0.05) is 56.1 Å². The molecule has 1 amide bonds. The minimum Gasteiger partial charge on any atom is -0.389 e. The van der Waals surface area contributed by atoms with E-state index in [9.17, 15) is 9.90 Å². The van der Waals surface area contributed by atoms with Gasteiger partial charge in [-0.05, 0) is 56.3 Å². The molecule has 0 fully saturated rings. The number of hydrogen-bond donors (Lipinski definition) is 2. The Balaban J connectivity index is 1.67. The van der Waals surface area contributed by atoms with Crippen LogP contribution in [0.3, 0.4) is 0 Å². The molecule has 4 aromatic rings. The van der Waals surface area contributed by atoms with Crippen molar-refractivity contribution >= 4 is 28.6 Å². The lowest BCUT2D eigenvalue weighted by Gasteiger charge is -2.21. The molecule has 0 saturated heterocycles. The fourth-order valence-corrected chi connectivity index (χ4v) is 3.77. The predicted octanol–water partition coefficient (Wildman–Crippen LogP) is 3.60. The van der Waals surface area contributed by atoms with E-state index in [1.54, 1.807) is 51.7 Å². The number of benzene rings is 1. The molecule has 0 atom stereocenters. The van der Waals surface area contributed by atoms with E-state index in [4.69, 9.17) is 9.72 Å². The molecule has 182 valence electrons. The highest BCUT2D eigenvalue weighted by Gasteiger charge is 2.21. The van der Waals surface area contributed by atoms with Crippen molar-refractivity contribution < 1.29 is 14.6 Å². The van der Waals surface area contributed by atoms with Crippen LogP contribution in [0.5, 0.6) is 0 Å². The molecule has 9 heteroatoms. The molecule has 0 radical (unpaired) electrons. The van der Waals surface area contributed by atoms with Crippen LogP contribution >= 0.6 is 0 Å². The Morgan fingerprint density at radius 2 is 2.03 bits per heavy atom. The highest BCUT2D eigenvalue weighted by molar-refractivity contribution is 6.04. The number of likely N-dealkylation sites (N-methyl/N-ethyl adjacent to an activating group) is 1. The predicted molar refractivity (Wildman–Crippen MR) is 137 cm³/mol. The molecule has 9 nitrogen and oxygen atoms in total.